The van der Waals surface area contributed by atoms with E-state index in [9.17, 15) is 0 Å². The topological polar surface area (TPSA) is 0 Å². The average molecular weight is 201 g/mol. The molecule has 1 aliphatic rings. The fourth-order valence-corrected chi connectivity index (χ4v) is 4.08. The molecule has 0 saturated carbocycles. The van der Waals surface area contributed by atoms with Crippen LogP contribution in [0.4, 0.5) is 0 Å². The number of fused-ring (bicyclic) bond motifs is 1. The second kappa shape index (κ2) is 2.37. The van der Waals surface area contributed by atoms with Gasteiger partial charge < -0.3 is 0 Å². The maximum Gasteiger partial charge on any atom is 0.304 e. The zero-order chi connectivity index (χ0) is 7.90. The molecule has 3 heteroatoms. The predicted molar refractivity (Wildman–Crippen MR) is 52.6 cm³/mol. The number of hydrogen-bond acceptors (Lipinski definition) is 0. The van der Waals surface area contributed by atoms with Gasteiger partial charge in [0.1, 0.15) is 0 Å². The summed E-state index contributed by atoms with van der Waals surface area (Å²) < 4.78 is 0. The molecule has 0 spiro atoms. The zero-order valence-corrected chi connectivity index (χ0v) is 8.23. The molecule has 0 fully saturated rings. The molecule has 0 amide bonds. The van der Waals surface area contributed by atoms with Gasteiger partial charge in [-0.2, -0.15) is 0 Å². The molecular weight excluding hydrogens is 195 g/mol. The Labute approximate surface area is 75.9 Å². The van der Waals surface area contributed by atoms with Gasteiger partial charge in [0.25, 0.3) is 0 Å². The summed E-state index contributed by atoms with van der Waals surface area (Å²) >= 11 is 12.2. The lowest BCUT2D eigenvalue weighted by atomic mass is 10.2. The highest BCUT2D eigenvalue weighted by Crippen LogP contribution is 2.25. The number of rotatable bonds is 0. The van der Waals surface area contributed by atoms with Gasteiger partial charge >= 0.3 is 6.69 Å². The van der Waals surface area contributed by atoms with Crippen LogP contribution in [0.5, 0.6) is 0 Å². The zero-order valence-electron chi connectivity index (χ0n) is 5.72. The monoisotopic (exact) mass is 200 g/mol. The van der Waals surface area contributed by atoms with Crippen molar-refractivity contribution in [1.29, 1.82) is 0 Å². The normalized spacial score (nSPS) is 18.4. The molecule has 1 aromatic rings. The van der Waals surface area contributed by atoms with E-state index < -0.39 is 6.69 Å². The molecule has 0 radical (unpaired) electrons. The Bertz CT molecular complexity index is 318. The van der Waals surface area contributed by atoms with Crippen LogP contribution in [0.2, 0.25) is 0 Å². The second-order valence-electron chi connectivity index (χ2n) is 2.54. The van der Waals surface area contributed by atoms with Gasteiger partial charge in [0, 0.05) is 0 Å². The lowest BCUT2D eigenvalue weighted by Gasteiger charge is -2.07. The van der Waals surface area contributed by atoms with E-state index in [1.54, 1.807) is 0 Å². The minimum absolute atomic E-state index is 1.11. The van der Waals surface area contributed by atoms with Gasteiger partial charge in [0.05, 0.1) is 0 Å². The van der Waals surface area contributed by atoms with E-state index in [-0.39, 0.29) is 0 Å². The number of halogens is 2. The van der Waals surface area contributed by atoms with Gasteiger partial charge in [-0.15, -0.1) is 22.2 Å². The maximum atomic E-state index is 6.12. The molecule has 0 unspecified atom stereocenters. The van der Waals surface area contributed by atoms with Crippen LogP contribution >= 0.6 is 22.2 Å². The lowest BCUT2D eigenvalue weighted by molar-refractivity contribution is 1.73. The van der Waals surface area contributed by atoms with Crippen LogP contribution in [0.3, 0.4) is 0 Å². The summed E-state index contributed by atoms with van der Waals surface area (Å²) in [7, 11) is 0. The standard InChI is InChI=1S/C8H6Cl2Si/c9-11(10)6-5-7-3-1-2-4-8(7)11/h1-6H. The van der Waals surface area contributed by atoms with Crippen molar-refractivity contribution in [2.45, 2.75) is 0 Å². The first-order valence-corrected chi connectivity index (χ1v) is 7.47. The summed E-state index contributed by atoms with van der Waals surface area (Å²) in [6, 6.07) is 8.00. The fourth-order valence-electron chi connectivity index (χ4n) is 1.23. The van der Waals surface area contributed by atoms with E-state index in [2.05, 4.69) is 0 Å². The summed E-state index contributed by atoms with van der Waals surface area (Å²) in [6.45, 7) is -2.20. The minimum atomic E-state index is -2.20. The van der Waals surface area contributed by atoms with E-state index in [1.165, 1.54) is 5.56 Å². The highest BCUT2D eigenvalue weighted by Gasteiger charge is 2.33. The van der Waals surface area contributed by atoms with Crippen LogP contribution < -0.4 is 5.19 Å². The largest absolute Gasteiger partial charge is 0.304 e. The van der Waals surface area contributed by atoms with Crippen LogP contribution in [-0.4, -0.2) is 6.69 Å². The molecular formula is C8H6Cl2Si. The first kappa shape index (κ1) is 7.41. The van der Waals surface area contributed by atoms with Crippen molar-refractivity contribution in [3.05, 3.63) is 35.5 Å². The molecule has 2 rings (SSSR count). The van der Waals surface area contributed by atoms with Crippen molar-refractivity contribution in [2.75, 3.05) is 0 Å². The van der Waals surface area contributed by atoms with E-state index in [1.807, 2.05) is 36.0 Å². The Kier molecular flexibility index (Phi) is 1.60. The van der Waals surface area contributed by atoms with Gasteiger partial charge in [-0.05, 0) is 10.8 Å². The lowest BCUT2D eigenvalue weighted by Crippen LogP contribution is -2.32. The van der Waals surface area contributed by atoms with Crippen molar-refractivity contribution in [1.82, 2.24) is 0 Å². The van der Waals surface area contributed by atoms with Gasteiger partial charge in [-0.3, -0.25) is 0 Å². The molecule has 1 aliphatic heterocycles. The smallest absolute Gasteiger partial charge is 0.134 e. The highest BCUT2D eigenvalue weighted by atomic mass is 35.7. The first-order chi connectivity index (χ1) is 5.20. The van der Waals surface area contributed by atoms with Gasteiger partial charge in [0.15, 0.2) is 0 Å². The van der Waals surface area contributed by atoms with Crippen LogP contribution in [0.1, 0.15) is 5.56 Å². The summed E-state index contributed by atoms with van der Waals surface area (Å²) in [5, 5.41) is 1.11. The van der Waals surface area contributed by atoms with E-state index in [4.69, 9.17) is 22.2 Å². The minimum Gasteiger partial charge on any atom is -0.134 e. The van der Waals surface area contributed by atoms with Crippen molar-refractivity contribution in [3.8, 4) is 0 Å². The van der Waals surface area contributed by atoms with Crippen LogP contribution in [0.25, 0.3) is 6.08 Å². The third-order valence-electron chi connectivity index (χ3n) is 1.79. The molecule has 0 N–H and O–H groups in total. The summed E-state index contributed by atoms with van der Waals surface area (Å²) in [5.74, 6) is 0. The Morgan fingerprint density at radius 3 is 2.55 bits per heavy atom. The molecule has 0 nitrogen and oxygen atoms in total. The molecule has 56 valence electrons. The quantitative estimate of drug-likeness (QED) is 0.446. The molecule has 0 saturated heterocycles. The third-order valence-corrected chi connectivity index (χ3v) is 5.53. The molecule has 0 aliphatic carbocycles. The summed E-state index contributed by atoms with van der Waals surface area (Å²) in [5.41, 5.74) is 3.10. The van der Waals surface area contributed by atoms with Crippen molar-refractivity contribution in [3.63, 3.8) is 0 Å². The Balaban J connectivity index is 2.64. The average Bonchev–Trinajstić information content (AvgIpc) is 2.29. The molecule has 1 aromatic carbocycles. The second-order valence-corrected chi connectivity index (χ2v) is 8.82. The Morgan fingerprint density at radius 1 is 1.09 bits per heavy atom. The summed E-state index contributed by atoms with van der Waals surface area (Å²) in [6.07, 6.45) is 2.00. The number of benzene rings is 1. The molecule has 1 heterocycles. The highest BCUT2D eigenvalue weighted by molar-refractivity contribution is 7.53. The summed E-state index contributed by atoms with van der Waals surface area (Å²) in [4.78, 5) is 0. The fraction of sp³-hybridized carbons (Fsp3) is 0. The van der Waals surface area contributed by atoms with E-state index in [0.29, 0.717) is 0 Å². The molecule has 0 aromatic heterocycles. The van der Waals surface area contributed by atoms with Crippen LogP contribution in [-0.2, 0) is 0 Å². The van der Waals surface area contributed by atoms with Crippen molar-refractivity contribution >= 4 is 40.1 Å². The number of hydrogen-bond donors (Lipinski definition) is 0. The van der Waals surface area contributed by atoms with Gasteiger partial charge in [-0.25, -0.2) is 0 Å². The van der Waals surface area contributed by atoms with E-state index in [0.717, 1.165) is 5.19 Å². The van der Waals surface area contributed by atoms with Gasteiger partial charge in [0.2, 0.25) is 0 Å². The molecule has 0 bridgehead atoms. The molecule has 0 atom stereocenters. The van der Waals surface area contributed by atoms with Crippen LogP contribution in [0, 0.1) is 0 Å². The first-order valence-electron chi connectivity index (χ1n) is 3.37. The van der Waals surface area contributed by atoms with Crippen LogP contribution in [0.15, 0.2) is 30.0 Å². The maximum absolute atomic E-state index is 6.12. The molecule has 11 heavy (non-hydrogen) atoms. The van der Waals surface area contributed by atoms with E-state index >= 15 is 0 Å². The Morgan fingerprint density at radius 2 is 1.82 bits per heavy atom. The SMILES string of the molecule is Cl[Si]1(Cl)C=Cc2ccccc21. The third kappa shape index (κ3) is 1.13. The Hall–Kier alpha value is -0.243. The van der Waals surface area contributed by atoms with Crippen molar-refractivity contribution in [2.24, 2.45) is 0 Å². The van der Waals surface area contributed by atoms with Crippen molar-refractivity contribution < 1.29 is 0 Å². The van der Waals surface area contributed by atoms with Gasteiger partial charge in [-0.1, -0.05) is 36.0 Å². The predicted octanol–water partition coefficient (Wildman–Crippen LogP) is 2.38.